The molecule has 0 saturated carbocycles. The maximum Gasteiger partial charge on any atom is 0.122 e. The maximum atomic E-state index is 5.72. The molecule has 0 fully saturated rings. The summed E-state index contributed by atoms with van der Waals surface area (Å²) in [6, 6.07) is 8.39. The first kappa shape index (κ1) is 10.5. The Labute approximate surface area is 91.6 Å². The Hall–Kier alpha value is -1.02. The van der Waals surface area contributed by atoms with Crippen molar-refractivity contribution in [3.8, 4) is 5.75 Å². The van der Waals surface area contributed by atoms with E-state index in [1.54, 1.807) is 0 Å². The molecule has 2 nitrogen and oxygen atoms in total. The van der Waals surface area contributed by atoms with Gasteiger partial charge in [-0.2, -0.15) is 0 Å². The second-order valence-electron chi connectivity index (χ2n) is 4.24. The molecule has 1 aromatic carbocycles. The van der Waals surface area contributed by atoms with Gasteiger partial charge in [0.15, 0.2) is 0 Å². The summed E-state index contributed by atoms with van der Waals surface area (Å²) in [7, 11) is 0. The van der Waals surface area contributed by atoms with Gasteiger partial charge in [-0.25, -0.2) is 0 Å². The number of nitrogens with one attached hydrogen (secondary N) is 1. The smallest absolute Gasteiger partial charge is 0.122 e. The molecule has 0 amide bonds. The highest BCUT2D eigenvalue weighted by Gasteiger charge is 2.26. The van der Waals surface area contributed by atoms with Gasteiger partial charge in [-0.3, -0.25) is 0 Å². The van der Waals surface area contributed by atoms with Crippen molar-refractivity contribution < 1.29 is 4.74 Å². The van der Waals surface area contributed by atoms with Gasteiger partial charge in [0.2, 0.25) is 0 Å². The molecule has 2 unspecified atom stereocenters. The van der Waals surface area contributed by atoms with Crippen molar-refractivity contribution in [2.75, 3.05) is 19.7 Å². The van der Waals surface area contributed by atoms with Gasteiger partial charge in [-0.1, -0.05) is 32.0 Å². The molecule has 2 heteroatoms. The average molecular weight is 205 g/mol. The predicted octanol–water partition coefficient (Wildman–Crippen LogP) is 2.41. The molecular formula is C13H19NO. The first-order valence-electron chi connectivity index (χ1n) is 5.75. The summed E-state index contributed by atoms with van der Waals surface area (Å²) in [5.74, 6) is 2.26. The molecule has 1 heterocycles. The van der Waals surface area contributed by atoms with Gasteiger partial charge in [0.1, 0.15) is 5.75 Å². The van der Waals surface area contributed by atoms with Crippen LogP contribution in [-0.2, 0) is 0 Å². The van der Waals surface area contributed by atoms with E-state index in [2.05, 4.69) is 37.4 Å². The van der Waals surface area contributed by atoms with Crippen molar-refractivity contribution in [3.05, 3.63) is 29.8 Å². The fourth-order valence-corrected chi connectivity index (χ4v) is 2.17. The van der Waals surface area contributed by atoms with Crippen LogP contribution in [0.5, 0.6) is 5.75 Å². The van der Waals surface area contributed by atoms with Crippen LogP contribution in [0, 0.1) is 5.92 Å². The summed E-state index contributed by atoms with van der Waals surface area (Å²) in [5, 5.41) is 3.43. The van der Waals surface area contributed by atoms with E-state index in [9.17, 15) is 0 Å². The Balaban J connectivity index is 2.21. The van der Waals surface area contributed by atoms with Gasteiger partial charge < -0.3 is 10.1 Å². The monoisotopic (exact) mass is 205 g/mol. The largest absolute Gasteiger partial charge is 0.493 e. The van der Waals surface area contributed by atoms with Crippen molar-refractivity contribution in [2.45, 2.75) is 19.8 Å². The van der Waals surface area contributed by atoms with Crippen LogP contribution >= 0.6 is 0 Å². The number of likely N-dealkylation sites (N-methyl/N-ethyl adjacent to an activating group) is 1. The molecular weight excluding hydrogens is 186 g/mol. The zero-order chi connectivity index (χ0) is 10.7. The highest BCUT2D eigenvalue weighted by molar-refractivity contribution is 5.38. The first-order valence-corrected chi connectivity index (χ1v) is 5.75. The zero-order valence-corrected chi connectivity index (χ0v) is 9.49. The Kier molecular flexibility index (Phi) is 3.27. The average Bonchev–Trinajstić information content (AvgIpc) is 2.28. The summed E-state index contributed by atoms with van der Waals surface area (Å²) in [5.41, 5.74) is 1.36. The van der Waals surface area contributed by atoms with Crippen LogP contribution in [0.15, 0.2) is 24.3 Å². The summed E-state index contributed by atoms with van der Waals surface area (Å²) >= 11 is 0. The first-order chi connectivity index (χ1) is 7.33. The molecule has 0 spiro atoms. The highest BCUT2D eigenvalue weighted by Crippen LogP contribution is 2.36. The van der Waals surface area contributed by atoms with E-state index >= 15 is 0 Å². The van der Waals surface area contributed by atoms with Gasteiger partial charge in [0, 0.05) is 12.5 Å². The van der Waals surface area contributed by atoms with Crippen LogP contribution in [0.3, 0.4) is 0 Å². The Morgan fingerprint density at radius 3 is 3.00 bits per heavy atom. The van der Waals surface area contributed by atoms with Gasteiger partial charge in [0.25, 0.3) is 0 Å². The fraction of sp³-hybridized carbons (Fsp3) is 0.538. The number of para-hydroxylation sites is 1. The van der Waals surface area contributed by atoms with Crippen molar-refractivity contribution in [1.82, 2.24) is 5.32 Å². The minimum Gasteiger partial charge on any atom is -0.493 e. The normalized spacial score (nSPS) is 24.4. The molecule has 15 heavy (non-hydrogen) atoms. The third-order valence-electron chi connectivity index (χ3n) is 3.12. The maximum absolute atomic E-state index is 5.72. The highest BCUT2D eigenvalue weighted by atomic mass is 16.5. The van der Waals surface area contributed by atoms with Crippen LogP contribution < -0.4 is 10.1 Å². The van der Waals surface area contributed by atoms with Crippen LogP contribution in [0.4, 0.5) is 0 Å². The Bertz CT molecular complexity index is 324. The lowest BCUT2D eigenvalue weighted by Gasteiger charge is -2.31. The minimum absolute atomic E-state index is 0.592. The number of rotatable bonds is 3. The molecule has 1 aliphatic heterocycles. The van der Waals surface area contributed by atoms with Crippen LogP contribution in [0.2, 0.25) is 0 Å². The minimum atomic E-state index is 0.592. The third kappa shape index (κ3) is 2.15. The zero-order valence-electron chi connectivity index (χ0n) is 9.49. The van der Waals surface area contributed by atoms with Crippen LogP contribution in [0.1, 0.15) is 25.3 Å². The van der Waals surface area contributed by atoms with Crippen molar-refractivity contribution in [3.63, 3.8) is 0 Å². The van der Waals surface area contributed by atoms with E-state index in [4.69, 9.17) is 4.74 Å². The summed E-state index contributed by atoms with van der Waals surface area (Å²) in [6.45, 7) is 7.34. The number of hydrogen-bond donors (Lipinski definition) is 1. The lowest BCUT2D eigenvalue weighted by atomic mass is 9.85. The molecule has 2 atom stereocenters. The summed E-state index contributed by atoms with van der Waals surface area (Å²) < 4.78 is 5.72. The van der Waals surface area contributed by atoms with E-state index in [-0.39, 0.29) is 0 Å². The summed E-state index contributed by atoms with van der Waals surface area (Å²) in [6.07, 6.45) is 0. The Morgan fingerprint density at radius 2 is 2.20 bits per heavy atom. The lowest BCUT2D eigenvalue weighted by molar-refractivity contribution is 0.203. The van der Waals surface area contributed by atoms with E-state index < -0.39 is 0 Å². The fourth-order valence-electron chi connectivity index (χ4n) is 2.17. The second kappa shape index (κ2) is 4.67. The van der Waals surface area contributed by atoms with E-state index in [0.717, 1.165) is 25.4 Å². The van der Waals surface area contributed by atoms with Gasteiger partial charge >= 0.3 is 0 Å². The summed E-state index contributed by atoms with van der Waals surface area (Å²) in [4.78, 5) is 0. The van der Waals surface area contributed by atoms with E-state index in [1.807, 2.05) is 6.07 Å². The standard InChI is InChI=1S/C13H19NO/c1-3-14-8-12-10(2)9-15-13-7-5-4-6-11(12)13/h4-7,10,12,14H,3,8-9H2,1-2H3. The molecule has 0 aromatic heterocycles. The molecule has 0 bridgehead atoms. The lowest BCUT2D eigenvalue weighted by Crippen LogP contribution is -2.31. The number of benzene rings is 1. The van der Waals surface area contributed by atoms with E-state index in [1.165, 1.54) is 5.56 Å². The van der Waals surface area contributed by atoms with Crippen molar-refractivity contribution >= 4 is 0 Å². The van der Waals surface area contributed by atoms with Crippen LogP contribution in [0.25, 0.3) is 0 Å². The third-order valence-corrected chi connectivity index (χ3v) is 3.12. The van der Waals surface area contributed by atoms with Gasteiger partial charge in [-0.05, 0) is 24.1 Å². The van der Waals surface area contributed by atoms with Crippen LogP contribution in [-0.4, -0.2) is 19.7 Å². The predicted molar refractivity (Wildman–Crippen MR) is 62.4 cm³/mol. The quantitative estimate of drug-likeness (QED) is 0.818. The van der Waals surface area contributed by atoms with Gasteiger partial charge in [-0.15, -0.1) is 0 Å². The molecule has 2 rings (SSSR count). The molecule has 1 N–H and O–H groups in total. The molecule has 0 aliphatic carbocycles. The van der Waals surface area contributed by atoms with E-state index in [0.29, 0.717) is 11.8 Å². The van der Waals surface area contributed by atoms with Crippen molar-refractivity contribution in [2.24, 2.45) is 5.92 Å². The molecule has 1 aromatic rings. The number of fused-ring (bicyclic) bond motifs is 1. The SMILES string of the molecule is CCNCC1c2ccccc2OCC1C. The molecule has 82 valence electrons. The number of hydrogen-bond acceptors (Lipinski definition) is 2. The van der Waals surface area contributed by atoms with Crippen molar-refractivity contribution in [1.29, 1.82) is 0 Å². The van der Waals surface area contributed by atoms with Gasteiger partial charge in [0.05, 0.1) is 6.61 Å². The Morgan fingerprint density at radius 1 is 1.40 bits per heavy atom. The second-order valence-corrected chi connectivity index (χ2v) is 4.24. The number of ether oxygens (including phenoxy) is 1. The molecule has 1 aliphatic rings. The molecule has 0 saturated heterocycles. The topological polar surface area (TPSA) is 21.3 Å². The molecule has 0 radical (unpaired) electrons.